The number of methoxy groups -OCH3 is 1. The summed E-state index contributed by atoms with van der Waals surface area (Å²) in [4.78, 5) is 0. The van der Waals surface area contributed by atoms with Gasteiger partial charge in [-0.25, -0.2) is 4.68 Å². The van der Waals surface area contributed by atoms with E-state index in [9.17, 15) is 0 Å². The number of nitrogens with two attached hydrogens (primary N) is 1. The van der Waals surface area contributed by atoms with E-state index in [0.717, 1.165) is 27.7 Å². The lowest BCUT2D eigenvalue weighted by Gasteiger charge is -2.05. The molecule has 0 unspecified atom stereocenters. The molecular formula is C16H15ClN4OS. The van der Waals surface area contributed by atoms with E-state index in [1.165, 1.54) is 16.4 Å². The van der Waals surface area contributed by atoms with E-state index in [-0.39, 0.29) is 0 Å². The van der Waals surface area contributed by atoms with Crippen LogP contribution in [-0.2, 0) is 5.75 Å². The molecular weight excluding hydrogens is 332 g/mol. The van der Waals surface area contributed by atoms with Crippen LogP contribution in [0.3, 0.4) is 0 Å². The quantitative estimate of drug-likeness (QED) is 0.564. The van der Waals surface area contributed by atoms with Crippen LogP contribution in [0.4, 0.5) is 0 Å². The minimum absolute atomic E-state index is 0.617. The van der Waals surface area contributed by atoms with Gasteiger partial charge in [-0.1, -0.05) is 35.5 Å². The maximum atomic E-state index is 6.11. The lowest BCUT2D eigenvalue weighted by atomic mass is 10.2. The van der Waals surface area contributed by atoms with E-state index in [1.54, 1.807) is 7.11 Å². The summed E-state index contributed by atoms with van der Waals surface area (Å²) in [5.74, 6) is 8.26. The van der Waals surface area contributed by atoms with Gasteiger partial charge in [0.2, 0.25) is 5.16 Å². The summed E-state index contributed by atoms with van der Waals surface area (Å²) in [6.45, 7) is 0. The fraction of sp³-hybridized carbons (Fsp3) is 0.125. The number of hydrogen-bond donors (Lipinski definition) is 1. The normalized spacial score (nSPS) is 10.7. The minimum atomic E-state index is 0.617. The number of thioether (sulfide) groups is 1. The van der Waals surface area contributed by atoms with Crippen LogP contribution in [0.1, 0.15) is 5.56 Å². The van der Waals surface area contributed by atoms with Crippen molar-refractivity contribution in [2.45, 2.75) is 10.9 Å². The first kappa shape index (κ1) is 15.7. The molecule has 0 saturated heterocycles. The summed E-state index contributed by atoms with van der Waals surface area (Å²) in [5, 5.41) is 9.72. The first-order valence-electron chi connectivity index (χ1n) is 6.89. The van der Waals surface area contributed by atoms with E-state index in [0.29, 0.717) is 11.0 Å². The summed E-state index contributed by atoms with van der Waals surface area (Å²) in [6, 6.07) is 15.2. The largest absolute Gasteiger partial charge is 0.497 e. The smallest absolute Gasteiger partial charge is 0.210 e. The number of hydrogen-bond acceptors (Lipinski definition) is 5. The van der Waals surface area contributed by atoms with Crippen molar-refractivity contribution in [3.63, 3.8) is 0 Å². The number of rotatable bonds is 5. The van der Waals surface area contributed by atoms with Gasteiger partial charge in [0.05, 0.1) is 7.11 Å². The molecule has 23 heavy (non-hydrogen) atoms. The van der Waals surface area contributed by atoms with Crippen LogP contribution in [0.25, 0.3) is 11.4 Å². The number of benzene rings is 2. The number of halogens is 1. The monoisotopic (exact) mass is 346 g/mol. The van der Waals surface area contributed by atoms with Gasteiger partial charge in [-0.3, -0.25) is 0 Å². The molecule has 1 aromatic heterocycles. The zero-order chi connectivity index (χ0) is 16.2. The van der Waals surface area contributed by atoms with Gasteiger partial charge < -0.3 is 10.6 Å². The fourth-order valence-corrected chi connectivity index (χ4v) is 2.98. The Bertz CT molecular complexity index is 787. The molecule has 0 fully saturated rings. The van der Waals surface area contributed by atoms with Crippen LogP contribution in [0.5, 0.6) is 5.75 Å². The predicted molar refractivity (Wildman–Crippen MR) is 93.2 cm³/mol. The van der Waals surface area contributed by atoms with Crippen LogP contribution in [0.15, 0.2) is 53.7 Å². The third-order valence-electron chi connectivity index (χ3n) is 3.29. The molecule has 3 rings (SSSR count). The van der Waals surface area contributed by atoms with Crippen molar-refractivity contribution in [3.8, 4) is 17.1 Å². The van der Waals surface area contributed by atoms with Crippen molar-refractivity contribution < 1.29 is 4.74 Å². The minimum Gasteiger partial charge on any atom is -0.497 e. The summed E-state index contributed by atoms with van der Waals surface area (Å²) < 4.78 is 6.65. The lowest BCUT2D eigenvalue weighted by Crippen LogP contribution is -2.11. The first-order chi connectivity index (χ1) is 11.2. The molecule has 0 aliphatic rings. The molecule has 0 radical (unpaired) electrons. The number of aromatic nitrogens is 3. The van der Waals surface area contributed by atoms with Crippen molar-refractivity contribution >= 4 is 23.4 Å². The highest BCUT2D eigenvalue weighted by atomic mass is 35.5. The highest BCUT2D eigenvalue weighted by Gasteiger charge is 2.12. The van der Waals surface area contributed by atoms with Gasteiger partial charge in [0.1, 0.15) is 5.75 Å². The van der Waals surface area contributed by atoms with Crippen molar-refractivity contribution in [1.82, 2.24) is 14.9 Å². The summed E-state index contributed by atoms with van der Waals surface area (Å²) in [7, 11) is 1.63. The number of nitrogens with zero attached hydrogens (tertiary/aromatic N) is 3. The van der Waals surface area contributed by atoms with E-state index in [1.807, 2.05) is 48.5 Å². The Morgan fingerprint density at radius 3 is 2.43 bits per heavy atom. The van der Waals surface area contributed by atoms with E-state index in [2.05, 4.69) is 10.2 Å². The van der Waals surface area contributed by atoms with Crippen LogP contribution in [-0.4, -0.2) is 22.0 Å². The van der Waals surface area contributed by atoms with Crippen LogP contribution in [0, 0.1) is 0 Å². The van der Waals surface area contributed by atoms with Crippen LogP contribution < -0.4 is 10.6 Å². The molecule has 0 atom stereocenters. The molecule has 0 amide bonds. The second-order valence-electron chi connectivity index (χ2n) is 4.82. The molecule has 2 N–H and O–H groups in total. The molecule has 0 bridgehead atoms. The summed E-state index contributed by atoms with van der Waals surface area (Å²) in [5.41, 5.74) is 2.03. The highest BCUT2D eigenvalue weighted by Crippen LogP contribution is 2.25. The standard InChI is InChI=1S/C16H15ClN4OS/c1-22-14-8-4-12(5-9-14)15-19-20-16(21(15)18)23-10-11-2-6-13(17)7-3-11/h2-9H,10,18H2,1H3. The second-order valence-corrected chi connectivity index (χ2v) is 6.20. The number of nitrogen functional groups attached to an aromatic ring is 1. The topological polar surface area (TPSA) is 66.0 Å². The summed E-state index contributed by atoms with van der Waals surface area (Å²) >= 11 is 7.41. The Morgan fingerprint density at radius 2 is 1.78 bits per heavy atom. The SMILES string of the molecule is COc1ccc(-c2nnc(SCc3ccc(Cl)cc3)n2N)cc1. The predicted octanol–water partition coefficient (Wildman–Crippen LogP) is 3.61. The molecule has 0 aliphatic carbocycles. The first-order valence-corrected chi connectivity index (χ1v) is 8.26. The third-order valence-corrected chi connectivity index (χ3v) is 4.56. The highest BCUT2D eigenvalue weighted by molar-refractivity contribution is 7.98. The average Bonchev–Trinajstić information content (AvgIpc) is 2.95. The van der Waals surface area contributed by atoms with E-state index >= 15 is 0 Å². The van der Waals surface area contributed by atoms with E-state index < -0.39 is 0 Å². The van der Waals surface area contributed by atoms with Crippen molar-refractivity contribution in [3.05, 3.63) is 59.1 Å². The van der Waals surface area contributed by atoms with Crippen molar-refractivity contribution in [2.24, 2.45) is 0 Å². The molecule has 0 aliphatic heterocycles. The molecule has 3 aromatic rings. The zero-order valence-corrected chi connectivity index (χ0v) is 14.0. The molecule has 5 nitrogen and oxygen atoms in total. The van der Waals surface area contributed by atoms with Gasteiger partial charge in [0, 0.05) is 16.3 Å². The van der Waals surface area contributed by atoms with Gasteiger partial charge in [0.25, 0.3) is 0 Å². The Hall–Kier alpha value is -2.18. The maximum absolute atomic E-state index is 6.11. The van der Waals surface area contributed by atoms with Crippen LogP contribution in [0.2, 0.25) is 5.02 Å². The molecule has 1 heterocycles. The second kappa shape index (κ2) is 6.93. The summed E-state index contributed by atoms with van der Waals surface area (Å²) in [6.07, 6.45) is 0. The fourth-order valence-electron chi connectivity index (χ4n) is 2.04. The maximum Gasteiger partial charge on any atom is 0.210 e. The van der Waals surface area contributed by atoms with Gasteiger partial charge >= 0.3 is 0 Å². The number of ether oxygens (including phenoxy) is 1. The average molecular weight is 347 g/mol. The molecule has 2 aromatic carbocycles. The van der Waals surface area contributed by atoms with Gasteiger partial charge in [0.15, 0.2) is 5.82 Å². The Balaban J connectivity index is 1.74. The Kier molecular flexibility index (Phi) is 4.73. The Labute approximate surface area is 143 Å². The molecule has 0 saturated carbocycles. The lowest BCUT2D eigenvalue weighted by molar-refractivity contribution is 0.415. The van der Waals surface area contributed by atoms with Gasteiger partial charge in [-0.15, -0.1) is 10.2 Å². The Morgan fingerprint density at radius 1 is 1.09 bits per heavy atom. The van der Waals surface area contributed by atoms with Crippen molar-refractivity contribution in [2.75, 3.05) is 13.0 Å². The third kappa shape index (κ3) is 3.60. The molecule has 7 heteroatoms. The van der Waals surface area contributed by atoms with E-state index in [4.69, 9.17) is 22.2 Å². The van der Waals surface area contributed by atoms with Gasteiger partial charge in [-0.2, -0.15) is 0 Å². The molecule has 118 valence electrons. The van der Waals surface area contributed by atoms with Crippen molar-refractivity contribution in [1.29, 1.82) is 0 Å². The van der Waals surface area contributed by atoms with Gasteiger partial charge in [-0.05, 0) is 42.0 Å². The molecule has 0 spiro atoms. The van der Waals surface area contributed by atoms with Crippen LogP contribution >= 0.6 is 23.4 Å². The zero-order valence-electron chi connectivity index (χ0n) is 12.4.